The van der Waals surface area contributed by atoms with E-state index < -0.39 is 19.2 Å². The number of hydrogen-bond acceptors (Lipinski definition) is 5. The van der Waals surface area contributed by atoms with Crippen LogP contribution in [-0.2, 0) is 23.1 Å². The molecule has 27 heavy (non-hydrogen) atoms. The zero-order valence-corrected chi connectivity index (χ0v) is 19.1. The third-order valence-electron chi connectivity index (χ3n) is 4.64. The summed E-state index contributed by atoms with van der Waals surface area (Å²) in [7, 11) is -3.49. The van der Waals surface area contributed by atoms with Crippen LogP contribution in [0.4, 0.5) is 0 Å². The molecule has 0 aliphatic carbocycles. The van der Waals surface area contributed by atoms with Gasteiger partial charge in [0.05, 0.1) is 19.8 Å². The molecule has 0 spiro atoms. The standard InChI is InChI=1S/C21H43O5P/c1-5-8-10-12-14-16-18-25-27(23,20(4)21(22)24-7-3)26-19-17-15-13-11-9-6-2/h20H,5-19H2,1-4H3. The minimum atomic E-state index is -3.49. The van der Waals surface area contributed by atoms with Crippen molar-refractivity contribution in [1.29, 1.82) is 0 Å². The third-order valence-corrected chi connectivity index (χ3v) is 6.88. The van der Waals surface area contributed by atoms with E-state index in [-0.39, 0.29) is 6.61 Å². The molecule has 0 N–H and O–H groups in total. The van der Waals surface area contributed by atoms with Crippen LogP contribution in [-0.4, -0.2) is 31.4 Å². The van der Waals surface area contributed by atoms with Crippen LogP contribution in [0.3, 0.4) is 0 Å². The summed E-state index contributed by atoms with van der Waals surface area (Å²) in [5.74, 6) is -0.508. The summed E-state index contributed by atoms with van der Waals surface area (Å²) in [5.41, 5.74) is -0.877. The van der Waals surface area contributed by atoms with E-state index in [0.29, 0.717) is 13.2 Å². The molecule has 6 heteroatoms. The minimum absolute atomic E-state index is 0.262. The van der Waals surface area contributed by atoms with Gasteiger partial charge in [0.1, 0.15) is 0 Å². The van der Waals surface area contributed by atoms with Crippen molar-refractivity contribution in [3.05, 3.63) is 0 Å². The van der Waals surface area contributed by atoms with Gasteiger partial charge in [-0.25, -0.2) is 0 Å². The summed E-state index contributed by atoms with van der Waals surface area (Å²) in [6.45, 7) is 8.70. The van der Waals surface area contributed by atoms with Crippen molar-refractivity contribution in [2.45, 2.75) is 110 Å². The van der Waals surface area contributed by atoms with Gasteiger partial charge in [0.2, 0.25) is 0 Å². The largest absolute Gasteiger partial charge is 0.465 e. The summed E-state index contributed by atoms with van der Waals surface area (Å²) >= 11 is 0. The molecule has 0 aromatic rings. The van der Waals surface area contributed by atoms with Crippen molar-refractivity contribution in [3.63, 3.8) is 0 Å². The van der Waals surface area contributed by atoms with Crippen LogP contribution < -0.4 is 0 Å². The Kier molecular flexibility index (Phi) is 17.5. The molecular weight excluding hydrogens is 363 g/mol. The number of ether oxygens (including phenoxy) is 1. The normalized spacial score (nSPS) is 12.9. The van der Waals surface area contributed by atoms with Gasteiger partial charge in [-0.05, 0) is 26.7 Å². The van der Waals surface area contributed by atoms with Crippen molar-refractivity contribution >= 4 is 13.6 Å². The molecule has 0 rings (SSSR count). The van der Waals surface area contributed by atoms with Crippen LogP contribution in [0.5, 0.6) is 0 Å². The number of rotatable bonds is 19. The molecule has 0 radical (unpaired) electrons. The van der Waals surface area contributed by atoms with Gasteiger partial charge in [0.15, 0.2) is 5.66 Å². The highest BCUT2D eigenvalue weighted by molar-refractivity contribution is 7.55. The first-order valence-electron chi connectivity index (χ1n) is 11.1. The zero-order valence-electron chi connectivity index (χ0n) is 18.2. The summed E-state index contributed by atoms with van der Waals surface area (Å²) in [4.78, 5) is 12.0. The van der Waals surface area contributed by atoms with Crippen LogP contribution in [0, 0.1) is 0 Å². The maximum atomic E-state index is 13.2. The second kappa shape index (κ2) is 17.7. The Bertz CT molecular complexity index is 378. The van der Waals surface area contributed by atoms with E-state index in [1.165, 1.54) is 38.5 Å². The van der Waals surface area contributed by atoms with Crippen molar-refractivity contribution in [1.82, 2.24) is 0 Å². The predicted octanol–water partition coefficient (Wildman–Crippen LogP) is 6.89. The van der Waals surface area contributed by atoms with Gasteiger partial charge in [-0.2, -0.15) is 0 Å². The van der Waals surface area contributed by atoms with Crippen molar-refractivity contribution in [2.24, 2.45) is 0 Å². The lowest BCUT2D eigenvalue weighted by molar-refractivity contribution is -0.142. The number of hydrogen-bond donors (Lipinski definition) is 0. The topological polar surface area (TPSA) is 61.8 Å². The Labute approximate surface area is 167 Å². The lowest BCUT2D eigenvalue weighted by atomic mass is 10.1. The van der Waals surface area contributed by atoms with Gasteiger partial charge in [-0.1, -0.05) is 78.1 Å². The third kappa shape index (κ3) is 13.4. The average molecular weight is 407 g/mol. The van der Waals surface area contributed by atoms with E-state index in [1.807, 2.05) is 0 Å². The molecule has 0 fully saturated rings. The van der Waals surface area contributed by atoms with Gasteiger partial charge >= 0.3 is 13.6 Å². The second-order valence-electron chi connectivity index (χ2n) is 7.17. The minimum Gasteiger partial charge on any atom is -0.465 e. The molecule has 1 atom stereocenters. The van der Waals surface area contributed by atoms with Crippen molar-refractivity contribution < 1.29 is 23.1 Å². The lowest BCUT2D eigenvalue weighted by Gasteiger charge is -2.23. The maximum absolute atomic E-state index is 13.2. The van der Waals surface area contributed by atoms with Gasteiger partial charge in [0.25, 0.3) is 0 Å². The van der Waals surface area contributed by atoms with Gasteiger partial charge in [-0.15, -0.1) is 0 Å². The molecule has 0 aliphatic rings. The molecule has 0 aliphatic heterocycles. The second-order valence-corrected chi connectivity index (χ2v) is 9.54. The molecule has 0 heterocycles. The molecule has 162 valence electrons. The fraction of sp³-hybridized carbons (Fsp3) is 0.952. The lowest BCUT2D eigenvalue weighted by Crippen LogP contribution is -2.23. The molecule has 0 saturated carbocycles. The first-order valence-corrected chi connectivity index (χ1v) is 12.7. The average Bonchev–Trinajstić information content (AvgIpc) is 2.66. The quantitative estimate of drug-likeness (QED) is 0.133. The number of esters is 1. The van der Waals surface area contributed by atoms with Crippen LogP contribution >= 0.6 is 7.60 Å². The van der Waals surface area contributed by atoms with E-state index >= 15 is 0 Å². The Morgan fingerprint density at radius 2 is 1.15 bits per heavy atom. The number of carbonyl (C=O) groups excluding carboxylic acids is 1. The molecule has 0 aromatic heterocycles. The number of carbonyl (C=O) groups is 1. The SMILES string of the molecule is CCCCCCCCOP(=O)(OCCCCCCCC)C(C)C(=O)OCC. The molecular formula is C21H43O5P. The van der Waals surface area contributed by atoms with Crippen LogP contribution in [0.25, 0.3) is 0 Å². The summed E-state index contributed by atoms with van der Waals surface area (Å²) < 4.78 is 29.5. The van der Waals surface area contributed by atoms with E-state index in [9.17, 15) is 9.36 Å². The van der Waals surface area contributed by atoms with E-state index in [0.717, 1.165) is 38.5 Å². The van der Waals surface area contributed by atoms with E-state index in [4.69, 9.17) is 13.8 Å². The molecule has 0 saturated heterocycles. The summed E-state index contributed by atoms with van der Waals surface area (Å²) in [6.07, 6.45) is 13.5. The van der Waals surface area contributed by atoms with E-state index in [2.05, 4.69) is 13.8 Å². The van der Waals surface area contributed by atoms with Crippen molar-refractivity contribution in [3.8, 4) is 0 Å². The Morgan fingerprint density at radius 1 is 0.741 bits per heavy atom. The molecule has 0 aromatic carbocycles. The Balaban J connectivity index is 4.36. The Morgan fingerprint density at radius 3 is 1.56 bits per heavy atom. The fourth-order valence-corrected chi connectivity index (χ4v) is 4.42. The van der Waals surface area contributed by atoms with Crippen LogP contribution in [0.15, 0.2) is 0 Å². The van der Waals surface area contributed by atoms with Gasteiger partial charge in [0, 0.05) is 0 Å². The van der Waals surface area contributed by atoms with E-state index in [1.54, 1.807) is 13.8 Å². The maximum Gasteiger partial charge on any atom is 0.344 e. The van der Waals surface area contributed by atoms with Crippen LogP contribution in [0.1, 0.15) is 105 Å². The van der Waals surface area contributed by atoms with Crippen LogP contribution in [0.2, 0.25) is 0 Å². The highest BCUT2D eigenvalue weighted by Gasteiger charge is 2.38. The molecule has 5 nitrogen and oxygen atoms in total. The Hall–Kier alpha value is -0.380. The van der Waals surface area contributed by atoms with Gasteiger partial charge in [-0.3, -0.25) is 9.36 Å². The summed E-state index contributed by atoms with van der Waals surface area (Å²) in [5, 5.41) is 0. The first kappa shape index (κ1) is 26.6. The summed E-state index contributed by atoms with van der Waals surface area (Å²) in [6, 6.07) is 0. The zero-order chi connectivity index (χ0) is 20.4. The molecule has 1 unspecified atom stereocenters. The first-order chi connectivity index (χ1) is 13.0. The van der Waals surface area contributed by atoms with Gasteiger partial charge < -0.3 is 13.8 Å². The molecule has 0 amide bonds. The fourth-order valence-electron chi connectivity index (χ4n) is 2.80. The van der Waals surface area contributed by atoms with Crippen molar-refractivity contribution in [2.75, 3.05) is 19.8 Å². The highest BCUT2D eigenvalue weighted by Crippen LogP contribution is 2.53. The number of unbranched alkanes of at least 4 members (excludes halogenated alkanes) is 10. The monoisotopic (exact) mass is 406 g/mol. The molecule has 0 bridgehead atoms. The highest BCUT2D eigenvalue weighted by atomic mass is 31.2. The predicted molar refractivity (Wildman–Crippen MR) is 112 cm³/mol. The smallest absolute Gasteiger partial charge is 0.344 e.